The summed E-state index contributed by atoms with van der Waals surface area (Å²) in [5, 5.41) is 0. The summed E-state index contributed by atoms with van der Waals surface area (Å²) < 4.78 is 36.5. The molecule has 0 amide bonds. The molecule has 5 heteroatoms. The molecule has 0 bridgehead atoms. The van der Waals surface area contributed by atoms with Crippen molar-refractivity contribution >= 4 is 11.4 Å². The molecule has 0 aromatic heterocycles. The molecule has 1 aromatic carbocycles. The summed E-state index contributed by atoms with van der Waals surface area (Å²) in [6.07, 6.45) is 0. The minimum Gasteiger partial charge on any atom is -0.750 e. The molecule has 0 saturated carbocycles. The Morgan fingerprint density at radius 2 is 2.00 bits per heavy atom. The van der Waals surface area contributed by atoms with Gasteiger partial charge < -0.3 is 4.55 Å². The normalized spacial score (nSPS) is 12.8. The predicted octanol–water partition coefficient (Wildman–Crippen LogP) is 1.14. The topological polar surface area (TPSA) is 49.4 Å². The molecule has 66 valence electrons. The lowest BCUT2D eigenvalue weighted by atomic mass is 10.2. The number of hydrogen-bond acceptors (Lipinski definition) is 3. The van der Waals surface area contributed by atoms with Crippen LogP contribution in [0.5, 0.6) is 0 Å². The van der Waals surface area contributed by atoms with Crippen LogP contribution in [0.3, 0.4) is 0 Å². The lowest BCUT2D eigenvalue weighted by Gasteiger charge is -2.04. The maximum absolute atomic E-state index is 12.3. The number of hydrogen-bond donors (Lipinski definition) is 0. The van der Waals surface area contributed by atoms with Gasteiger partial charge in [0.05, 0.1) is 18.0 Å². The van der Waals surface area contributed by atoms with Gasteiger partial charge in [-0.15, -0.1) is 0 Å². The van der Waals surface area contributed by atoms with Gasteiger partial charge in [-0.2, -0.15) is 0 Å². The van der Waals surface area contributed by atoms with Crippen LogP contribution in [0.15, 0.2) is 24.3 Å². The molecular formula is C7H6FO3S-. The van der Waals surface area contributed by atoms with Crippen LogP contribution in [-0.4, -0.2) is 8.76 Å². The predicted molar refractivity (Wildman–Crippen MR) is 40.1 cm³/mol. The van der Waals surface area contributed by atoms with Crippen LogP contribution in [0.4, 0.5) is 4.39 Å². The van der Waals surface area contributed by atoms with E-state index >= 15 is 0 Å². The first kappa shape index (κ1) is 9.31. The summed E-state index contributed by atoms with van der Waals surface area (Å²) in [5.74, 6) is -0.359. The molecule has 3 nitrogen and oxygen atoms in total. The molecule has 0 saturated heterocycles. The quantitative estimate of drug-likeness (QED) is 0.670. The van der Waals surface area contributed by atoms with Crippen molar-refractivity contribution in [3.63, 3.8) is 0 Å². The van der Waals surface area contributed by atoms with Crippen LogP contribution < -0.4 is 0 Å². The van der Waals surface area contributed by atoms with Crippen LogP contribution in [0, 0.1) is 5.82 Å². The van der Waals surface area contributed by atoms with Crippen LogP contribution in [0.25, 0.3) is 0 Å². The molecule has 12 heavy (non-hydrogen) atoms. The highest BCUT2D eigenvalue weighted by atomic mass is 32.2. The second-order valence-electron chi connectivity index (χ2n) is 2.09. The Labute approximate surface area is 71.7 Å². The van der Waals surface area contributed by atoms with Crippen LogP contribution >= 0.6 is 0 Å². The maximum atomic E-state index is 12.3. The Balaban J connectivity index is 2.53. The van der Waals surface area contributed by atoms with Crippen LogP contribution in [0.2, 0.25) is 0 Å². The Morgan fingerprint density at radius 3 is 2.50 bits per heavy atom. The molecule has 0 radical (unpaired) electrons. The molecule has 0 aliphatic rings. The van der Waals surface area contributed by atoms with Crippen molar-refractivity contribution in [3.8, 4) is 0 Å². The summed E-state index contributed by atoms with van der Waals surface area (Å²) in [6.45, 7) is -0.0591. The zero-order valence-electron chi connectivity index (χ0n) is 6.03. The third kappa shape index (κ3) is 3.08. The first-order valence-corrected chi connectivity index (χ1v) is 4.15. The Bertz CT molecular complexity index is 272. The van der Waals surface area contributed by atoms with Crippen molar-refractivity contribution in [3.05, 3.63) is 35.6 Å². The van der Waals surface area contributed by atoms with Crippen molar-refractivity contribution in [2.45, 2.75) is 6.61 Å². The highest BCUT2D eigenvalue weighted by Crippen LogP contribution is 2.04. The second-order valence-corrected chi connectivity index (χ2v) is 2.74. The van der Waals surface area contributed by atoms with Gasteiger partial charge in [0, 0.05) is 0 Å². The summed E-state index contributed by atoms with van der Waals surface area (Å²) in [4.78, 5) is 0. The highest BCUT2D eigenvalue weighted by Gasteiger charge is 1.93. The Kier molecular flexibility index (Phi) is 3.33. The lowest BCUT2D eigenvalue weighted by Crippen LogP contribution is -1.95. The molecule has 0 spiro atoms. The first-order valence-electron chi connectivity index (χ1n) is 3.15. The zero-order valence-corrected chi connectivity index (χ0v) is 6.84. The van der Waals surface area contributed by atoms with Gasteiger partial charge in [-0.3, -0.25) is 4.18 Å². The third-order valence-corrected chi connectivity index (χ3v) is 1.55. The van der Waals surface area contributed by atoms with Crippen molar-refractivity contribution < 1.29 is 17.3 Å². The van der Waals surface area contributed by atoms with Gasteiger partial charge in [0.2, 0.25) is 0 Å². The number of benzene rings is 1. The molecule has 1 unspecified atom stereocenters. The summed E-state index contributed by atoms with van der Waals surface area (Å²) in [7, 11) is 0. The summed E-state index contributed by atoms with van der Waals surface area (Å²) in [6, 6.07) is 5.41. The van der Waals surface area contributed by atoms with Crippen LogP contribution in [0.1, 0.15) is 5.56 Å². The van der Waals surface area contributed by atoms with Crippen LogP contribution in [-0.2, 0) is 22.2 Å². The fourth-order valence-electron chi connectivity index (χ4n) is 0.697. The van der Waals surface area contributed by atoms with Gasteiger partial charge in [-0.1, -0.05) is 12.1 Å². The molecule has 0 aliphatic carbocycles. The Morgan fingerprint density at radius 1 is 1.42 bits per heavy atom. The number of rotatable bonds is 3. The van der Waals surface area contributed by atoms with E-state index in [1.54, 1.807) is 0 Å². The fourth-order valence-corrected chi connectivity index (χ4v) is 0.929. The van der Waals surface area contributed by atoms with E-state index in [1.807, 2.05) is 0 Å². The molecule has 0 N–H and O–H groups in total. The van der Waals surface area contributed by atoms with Gasteiger partial charge in [0.25, 0.3) is 0 Å². The summed E-state index contributed by atoms with van der Waals surface area (Å²) >= 11 is -2.52. The van der Waals surface area contributed by atoms with Crippen molar-refractivity contribution in [2.75, 3.05) is 0 Å². The van der Waals surface area contributed by atoms with Gasteiger partial charge in [-0.05, 0) is 17.7 Å². The van der Waals surface area contributed by atoms with E-state index in [1.165, 1.54) is 24.3 Å². The molecule has 0 aliphatic heterocycles. The maximum Gasteiger partial charge on any atom is 0.123 e. The smallest absolute Gasteiger partial charge is 0.123 e. The Hall–Kier alpha value is -0.780. The standard InChI is InChI=1S/C7H7FO3S/c8-7-3-1-6(2-4-7)5-11-12(9)10/h1-4H,5H2,(H,9,10)/p-1. The van der Waals surface area contributed by atoms with Gasteiger partial charge in [-0.25, -0.2) is 8.60 Å². The average molecular weight is 189 g/mol. The molecule has 1 aromatic rings. The molecule has 1 rings (SSSR count). The SMILES string of the molecule is O=S([O-])OCc1ccc(F)cc1. The minimum atomic E-state index is -2.52. The van der Waals surface area contributed by atoms with E-state index in [0.717, 1.165) is 0 Å². The average Bonchev–Trinajstić information content (AvgIpc) is 2.03. The second kappa shape index (κ2) is 4.30. The highest BCUT2D eigenvalue weighted by molar-refractivity contribution is 7.74. The van der Waals surface area contributed by atoms with E-state index in [4.69, 9.17) is 0 Å². The zero-order chi connectivity index (χ0) is 8.97. The molecular weight excluding hydrogens is 183 g/mol. The summed E-state index contributed by atoms with van der Waals surface area (Å²) in [5.41, 5.74) is 0.612. The van der Waals surface area contributed by atoms with E-state index in [9.17, 15) is 13.2 Å². The van der Waals surface area contributed by atoms with E-state index < -0.39 is 11.4 Å². The monoisotopic (exact) mass is 189 g/mol. The fraction of sp³-hybridized carbons (Fsp3) is 0.143. The van der Waals surface area contributed by atoms with Gasteiger partial charge in [0.1, 0.15) is 5.82 Å². The van der Waals surface area contributed by atoms with Crippen molar-refractivity contribution in [2.24, 2.45) is 0 Å². The largest absolute Gasteiger partial charge is 0.750 e. The molecule has 0 fully saturated rings. The van der Waals surface area contributed by atoms with Crippen molar-refractivity contribution in [1.82, 2.24) is 0 Å². The molecule has 1 atom stereocenters. The van der Waals surface area contributed by atoms with E-state index in [2.05, 4.69) is 4.18 Å². The number of halogens is 1. The molecule has 0 heterocycles. The van der Waals surface area contributed by atoms with Gasteiger partial charge in [0.15, 0.2) is 0 Å². The van der Waals surface area contributed by atoms with Gasteiger partial charge >= 0.3 is 0 Å². The van der Waals surface area contributed by atoms with Crippen molar-refractivity contribution in [1.29, 1.82) is 0 Å². The minimum absolute atomic E-state index is 0.0591. The third-order valence-electron chi connectivity index (χ3n) is 1.24. The van der Waals surface area contributed by atoms with E-state index in [0.29, 0.717) is 5.56 Å². The van der Waals surface area contributed by atoms with E-state index in [-0.39, 0.29) is 12.4 Å². The first-order chi connectivity index (χ1) is 5.68. The lowest BCUT2D eigenvalue weighted by molar-refractivity contribution is 0.291.